The fourth-order valence-electron chi connectivity index (χ4n) is 7.06. The monoisotopic (exact) mass is 564 g/mol. The van der Waals surface area contributed by atoms with Crippen LogP contribution in [-0.2, 0) is 16.0 Å². The van der Waals surface area contributed by atoms with E-state index in [4.69, 9.17) is 14.2 Å². The number of carbonyl (C=O) groups is 2. The highest BCUT2D eigenvalue weighted by atomic mass is 19.1. The summed E-state index contributed by atoms with van der Waals surface area (Å²) < 4.78 is 32.8. The average molecular weight is 565 g/mol. The van der Waals surface area contributed by atoms with Crippen molar-refractivity contribution in [1.82, 2.24) is 9.47 Å². The van der Waals surface area contributed by atoms with E-state index >= 15 is 0 Å². The van der Waals surface area contributed by atoms with E-state index in [1.54, 1.807) is 36.9 Å². The van der Waals surface area contributed by atoms with Gasteiger partial charge in [0.15, 0.2) is 0 Å². The molecule has 0 amide bonds. The number of carbonyl (C=O) groups excluding carboxylic acids is 2. The first-order chi connectivity index (χ1) is 19.2. The number of methoxy groups -OCH3 is 2. The minimum atomic E-state index is -1.11. The maximum absolute atomic E-state index is 14.7. The van der Waals surface area contributed by atoms with Crippen molar-refractivity contribution in [3.05, 3.63) is 64.8 Å². The van der Waals surface area contributed by atoms with Gasteiger partial charge in [-0.25, -0.2) is 14.0 Å². The molecule has 2 heterocycles. The van der Waals surface area contributed by atoms with Crippen LogP contribution in [0, 0.1) is 12.3 Å². The topological polar surface area (TPSA) is 70.0 Å². The van der Waals surface area contributed by atoms with E-state index < -0.39 is 17.4 Å². The molecule has 1 aliphatic carbocycles. The lowest BCUT2D eigenvalue weighted by molar-refractivity contribution is -0.106. The van der Waals surface area contributed by atoms with Crippen LogP contribution in [0.15, 0.2) is 42.6 Å². The number of benzene rings is 2. The molecule has 220 valence electrons. The van der Waals surface area contributed by atoms with Crippen LogP contribution in [-0.4, -0.2) is 53.6 Å². The summed E-state index contributed by atoms with van der Waals surface area (Å²) in [4.78, 5) is 27.6. The van der Waals surface area contributed by atoms with E-state index in [2.05, 4.69) is 4.90 Å². The number of alkyl halides is 1. The highest BCUT2D eigenvalue weighted by molar-refractivity contribution is 5.95. The van der Waals surface area contributed by atoms with Crippen molar-refractivity contribution in [2.24, 2.45) is 5.41 Å². The van der Waals surface area contributed by atoms with Gasteiger partial charge in [-0.15, -0.1) is 0 Å². The summed E-state index contributed by atoms with van der Waals surface area (Å²) in [6, 6.07) is 11.5. The van der Waals surface area contributed by atoms with Crippen LogP contribution in [0.1, 0.15) is 86.5 Å². The maximum atomic E-state index is 14.7. The van der Waals surface area contributed by atoms with Gasteiger partial charge in [-0.05, 0) is 108 Å². The molecule has 1 aliphatic heterocycles. The normalized spacial score (nSPS) is 24.7. The molecule has 0 radical (unpaired) electrons. The largest absolute Gasteiger partial charge is 0.496 e. The third kappa shape index (κ3) is 5.71. The van der Waals surface area contributed by atoms with E-state index in [0.29, 0.717) is 24.9 Å². The molecule has 5 rings (SSSR count). The molecular weight excluding hydrogens is 523 g/mol. The lowest BCUT2D eigenvalue weighted by Gasteiger charge is -2.56. The summed E-state index contributed by atoms with van der Waals surface area (Å²) >= 11 is 0. The lowest BCUT2D eigenvalue weighted by atomic mass is 9.55. The van der Waals surface area contributed by atoms with Crippen LogP contribution >= 0.6 is 0 Å². The van der Waals surface area contributed by atoms with Crippen LogP contribution in [0.4, 0.5) is 9.18 Å². The number of halogens is 1. The van der Waals surface area contributed by atoms with Crippen LogP contribution < -0.4 is 4.74 Å². The molecular formula is C33H41FN2O5. The maximum Gasteiger partial charge on any atom is 0.419 e. The van der Waals surface area contributed by atoms with Crippen molar-refractivity contribution < 1.29 is 28.2 Å². The third-order valence-electron chi connectivity index (χ3n) is 8.60. The minimum Gasteiger partial charge on any atom is -0.496 e. The molecule has 7 nitrogen and oxygen atoms in total. The fourth-order valence-corrected chi connectivity index (χ4v) is 7.06. The molecule has 1 saturated heterocycles. The minimum absolute atomic E-state index is 0.0283. The standard InChI is InChI=1S/C33H41FN2O5/c1-21-16-27(39-6)25(24-12-14-36(28(21)24)30(38)41-31(2,3)4)18-35-15-13-33(19-32(5,34)20-33)17-26(35)22-8-10-23(11-9-22)29(37)40-7/h8-12,14,16,26H,13,15,17-20H2,1-7H3. The molecule has 1 atom stereocenters. The summed E-state index contributed by atoms with van der Waals surface area (Å²) in [6.45, 7) is 10.6. The van der Waals surface area contributed by atoms with Gasteiger partial charge in [-0.1, -0.05) is 12.1 Å². The predicted molar refractivity (Wildman–Crippen MR) is 156 cm³/mol. The molecule has 2 aliphatic rings. The van der Waals surface area contributed by atoms with Gasteiger partial charge in [0.1, 0.15) is 17.0 Å². The molecule has 1 spiro atoms. The molecule has 8 heteroatoms. The Morgan fingerprint density at radius 2 is 1.78 bits per heavy atom. The Labute approximate surface area is 241 Å². The summed E-state index contributed by atoms with van der Waals surface area (Å²) in [5, 5.41) is 0.938. The van der Waals surface area contributed by atoms with E-state index in [9.17, 15) is 14.0 Å². The SMILES string of the molecule is COC(=O)c1ccc(C2CC3(CCN2Cc2c(OC)cc(C)c4c2ccn4C(=O)OC(C)(C)C)CC(C)(F)C3)cc1. The van der Waals surface area contributed by atoms with Gasteiger partial charge >= 0.3 is 12.1 Å². The Morgan fingerprint density at radius 3 is 2.37 bits per heavy atom. The first-order valence-corrected chi connectivity index (χ1v) is 14.3. The Hall–Kier alpha value is -3.39. The molecule has 41 heavy (non-hydrogen) atoms. The summed E-state index contributed by atoms with van der Waals surface area (Å²) in [5.74, 6) is 0.388. The van der Waals surface area contributed by atoms with Gasteiger partial charge in [0.05, 0.1) is 25.3 Å². The van der Waals surface area contributed by atoms with Crippen molar-refractivity contribution in [1.29, 1.82) is 0 Å². The number of aromatic nitrogens is 1. The predicted octanol–water partition coefficient (Wildman–Crippen LogP) is 7.37. The highest BCUT2D eigenvalue weighted by Crippen LogP contribution is 2.60. The van der Waals surface area contributed by atoms with E-state index in [1.165, 1.54) is 7.11 Å². The number of aryl methyl sites for hydroxylation is 1. The van der Waals surface area contributed by atoms with E-state index in [-0.39, 0.29) is 17.4 Å². The fraction of sp³-hybridized carbons (Fsp3) is 0.515. The number of fused-ring (bicyclic) bond motifs is 1. The first-order valence-electron chi connectivity index (χ1n) is 14.3. The van der Waals surface area contributed by atoms with Gasteiger partial charge in [-0.2, -0.15) is 0 Å². The zero-order valence-electron chi connectivity index (χ0n) is 25.2. The van der Waals surface area contributed by atoms with Gasteiger partial charge < -0.3 is 14.2 Å². The van der Waals surface area contributed by atoms with Crippen molar-refractivity contribution in [2.45, 2.75) is 84.2 Å². The number of esters is 1. The van der Waals surface area contributed by atoms with Gasteiger partial charge in [-0.3, -0.25) is 9.47 Å². The molecule has 2 aromatic carbocycles. The Bertz CT molecular complexity index is 1460. The smallest absolute Gasteiger partial charge is 0.419 e. The van der Waals surface area contributed by atoms with Crippen LogP contribution in [0.5, 0.6) is 5.75 Å². The van der Waals surface area contributed by atoms with E-state index in [1.807, 2.05) is 52.0 Å². The molecule has 0 bridgehead atoms. The molecule has 1 unspecified atom stereocenters. The van der Waals surface area contributed by atoms with Crippen molar-refractivity contribution in [3.8, 4) is 5.75 Å². The number of likely N-dealkylation sites (tertiary alicyclic amines) is 1. The zero-order valence-corrected chi connectivity index (χ0v) is 25.2. The highest BCUT2D eigenvalue weighted by Gasteiger charge is 2.55. The number of hydrogen-bond acceptors (Lipinski definition) is 6. The van der Waals surface area contributed by atoms with Crippen molar-refractivity contribution in [2.75, 3.05) is 20.8 Å². The molecule has 1 saturated carbocycles. The first kappa shape index (κ1) is 29.1. The van der Waals surface area contributed by atoms with Crippen LogP contribution in [0.25, 0.3) is 10.9 Å². The second-order valence-corrected chi connectivity index (χ2v) is 13.1. The summed E-state index contributed by atoms with van der Waals surface area (Å²) in [5.41, 5.74) is 2.53. The van der Waals surface area contributed by atoms with Crippen LogP contribution in [0.3, 0.4) is 0 Å². The number of nitrogens with zero attached hydrogens (tertiary/aromatic N) is 2. The third-order valence-corrected chi connectivity index (χ3v) is 8.60. The number of ether oxygens (including phenoxy) is 3. The van der Waals surface area contributed by atoms with Crippen LogP contribution in [0.2, 0.25) is 0 Å². The quantitative estimate of drug-likeness (QED) is 0.301. The van der Waals surface area contributed by atoms with Gasteiger partial charge in [0, 0.05) is 29.7 Å². The zero-order chi connectivity index (χ0) is 29.7. The Morgan fingerprint density at radius 1 is 1.10 bits per heavy atom. The number of hydrogen-bond donors (Lipinski definition) is 0. The number of rotatable bonds is 5. The second kappa shape index (κ2) is 10.5. The molecule has 2 fully saturated rings. The Balaban J connectivity index is 1.52. The lowest BCUT2D eigenvalue weighted by Crippen LogP contribution is -2.53. The van der Waals surface area contributed by atoms with Crippen molar-refractivity contribution >= 4 is 23.0 Å². The molecule has 3 aromatic rings. The summed E-state index contributed by atoms with van der Waals surface area (Å²) in [6.07, 6.45) is 4.23. The van der Waals surface area contributed by atoms with Gasteiger partial charge in [0.25, 0.3) is 0 Å². The summed E-state index contributed by atoms with van der Waals surface area (Å²) in [7, 11) is 3.04. The van der Waals surface area contributed by atoms with Crippen molar-refractivity contribution in [3.63, 3.8) is 0 Å². The Kier molecular flexibility index (Phi) is 7.43. The van der Waals surface area contributed by atoms with E-state index in [0.717, 1.165) is 52.7 Å². The number of piperidine rings is 1. The average Bonchev–Trinajstić information content (AvgIpc) is 3.35. The van der Waals surface area contributed by atoms with Gasteiger partial charge in [0.2, 0.25) is 0 Å². The second-order valence-electron chi connectivity index (χ2n) is 13.1. The molecule has 1 aromatic heterocycles. The molecule has 0 N–H and O–H groups in total.